The Hall–Kier alpha value is -1.95. The molecule has 2 aliphatic heterocycles. The first-order chi connectivity index (χ1) is 9.24. The molecule has 0 radical (unpaired) electrons. The molecule has 0 saturated carbocycles. The Balaban J connectivity index is 1.54. The van der Waals surface area contributed by atoms with Crippen molar-refractivity contribution in [1.29, 1.82) is 0 Å². The third-order valence-corrected chi connectivity index (χ3v) is 3.32. The first-order valence-corrected chi connectivity index (χ1v) is 6.34. The van der Waals surface area contributed by atoms with Crippen LogP contribution in [-0.4, -0.2) is 48.9 Å². The molecule has 0 bridgehead atoms. The van der Waals surface area contributed by atoms with Crippen molar-refractivity contribution < 1.29 is 19.4 Å². The Morgan fingerprint density at radius 2 is 2.42 bits per heavy atom. The summed E-state index contributed by atoms with van der Waals surface area (Å²) in [6.07, 6.45) is -0.544. The van der Waals surface area contributed by atoms with Crippen molar-refractivity contribution in [3.8, 4) is 11.5 Å². The van der Waals surface area contributed by atoms with Gasteiger partial charge in [0.1, 0.15) is 30.8 Å². The van der Waals surface area contributed by atoms with Gasteiger partial charge in [-0.3, -0.25) is 0 Å². The predicted molar refractivity (Wildman–Crippen MR) is 67.4 cm³/mol. The van der Waals surface area contributed by atoms with Crippen LogP contribution in [0, 0.1) is 0 Å². The van der Waals surface area contributed by atoms with Crippen molar-refractivity contribution in [2.75, 3.05) is 32.8 Å². The van der Waals surface area contributed by atoms with Crippen molar-refractivity contribution in [3.05, 3.63) is 23.8 Å². The third-order valence-electron chi connectivity index (χ3n) is 3.32. The minimum atomic E-state index is -0.544. The topological polar surface area (TPSA) is 71.0 Å². The molecular formula is C13H16N2O4. The number of urea groups is 1. The Morgan fingerprint density at radius 1 is 1.53 bits per heavy atom. The van der Waals surface area contributed by atoms with Crippen molar-refractivity contribution in [2.24, 2.45) is 0 Å². The number of hydrogen-bond acceptors (Lipinski definition) is 4. The van der Waals surface area contributed by atoms with E-state index in [1.54, 1.807) is 17.0 Å². The molecule has 2 heterocycles. The number of aliphatic hydroxyl groups excluding tert-OH is 1. The summed E-state index contributed by atoms with van der Waals surface area (Å²) >= 11 is 0. The molecule has 1 aromatic rings. The number of carbonyl (C=O) groups is 1. The molecule has 0 aliphatic carbocycles. The number of ether oxygens (including phenoxy) is 2. The van der Waals surface area contributed by atoms with Crippen molar-refractivity contribution >= 4 is 6.03 Å². The lowest BCUT2D eigenvalue weighted by Crippen LogP contribution is -2.31. The molecule has 6 nitrogen and oxygen atoms in total. The monoisotopic (exact) mass is 264 g/mol. The zero-order valence-electron chi connectivity index (χ0n) is 10.5. The highest BCUT2D eigenvalue weighted by molar-refractivity contribution is 5.76. The second-order valence-corrected chi connectivity index (χ2v) is 4.59. The standard InChI is InChI=1S/C13H16N2O4/c16-11-8-19-12-7-9(1-2-10(11)12)18-6-5-15-4-3-14-13(15)17/h1-2,7,11,16H,3-6,8H2,(H,14,17). The molecule has 19 heavy (non-hydrogen) atoms. The number of nitrogens with one attached hydrogen (secondary N) is 1. The van der Waals surface area contributed by atoms with Crippen LogP contribution in [0.5, 0.6) is 11.5 Å². The number of carbonyl (C=O) groups excluding carboxylic acids is 1. The summed E-state index contributed by atoms with van der Waals surface area (Å²) in [5.74, 6) is 1.36. The lowest BCUT2D eigenvalue weighted by atomic mass is 10.1. The number of hydrogen-bond donors (Lipinski definition) is 2. The van der Waals surface area contributed by atoms with E-state index < -0.39 is 6.10 Å². The minimum absolute atomic E-state index is 0.0380. The summed E-state index contributed by atoms with van der Waals surface area (Å²) < 4.78 is 10.9. The summed E-state index contributed by atoms with van der Waals surface area (Å²) in [6.45, 7) is 2.72. The SMILES string of the molecule is O=C1NCCN1CCOc1ccc2c(c1)OCC2O. The highest BCUT2D eigenvalue weighted by atomic mass is 16.5. The van der Waals surface area contributed by atoms with E-state index in [9.17, 15) is 9.90 Å². The Morgan fingerprint density at radius 3 is 3.21 bits per heavy atom. The van der Waals surface area contributed by atoms with Crippen LogP contribution in [0.15, 0.2) is 18.2 Å². The Kier molecular flexibility index (Phi) is 3.16. The smallest absolute Gasteiger partial charge is 0.317 e. The van der Waals surface area contributed by atoms with Crippen LogP contribution >= 0.6 is 0 Å². The highest BCUT2D eigenvalue weighted by Crippen LogP contribution is 2.34. The average Bonchev–Trinajstić information content (AvgIpc) is 2.97. The van der Waals surface area contributed by atoms with Crippen LogP contribution in [0.4, 0.5) is 4.79 Å². The van der Waals surface area contributed by atoms with Gasteiger partial charge in [0.15, 0.2) is 0 Å². The fourth-order valence-electron chi connectivity index (χ4n) is 2.26. The Bertz CT molecular complexity index is 492. The van der Waals surface area contributed by atoms with Crippen LogP contribution in [0.2, 0.25) is 0 Å². The molecule has 0 spiro atoms. The van der Waals surface area contributed by atoms with Crippen LogP contribution in [0.25, 0.3) is 0 Å². The largest absolute Gasteiger partial charge is 0.492 e. The van der Waals surface area contributed by atoms with Crippen molar-refractivity contribution in [2.45, 2.75) is 6.10 Å². The van der Waals surface area contributed by atoms with E-state index in [1.165, 1.54) is 0 Å². The molecule has 0 aromatic heterocycles. The summed E-state index contributed by atoms with van der Waals surface area (Å²) in [4.78, 5) is 13.0. The second kappa shape index (κ2) is 4.97. The van der Waals surface area contributed by atoms with Crippen LogP contribution in [0.1, 0.15) is 11.7 Å². The number of aliphatic hydroxyl groups is 1. The molecule has 1 aromatic carbocycles. The molecule has 2 N–H and O–H groups in total. The predicted octanol–water partition coefficient (Wildman–Crippen LogP) is 0.516. The van der Waals surface area contributed by atoms with E-state index in [-0.39, 0.29) is 6.03 Å². The molecule has 1 fully saturated rings. The highest BCUT2D eigenvalue weighted by Gasteiger charge is 2.22. The number of benzene rings is 1. The van der Waals surface area contributed by atoms with Gasteiger partial charge < -0.3 is 24.8 Å². The molecule has 1 unspecified atom stereocenters. The molecule has 2 aliphatic rings. The zero-order chi connectivity index (χ0) is 13.2. The van der Waals surface area contributed by atoms with E-state index in [4.69, 9.17) is 9.47 Å². The third kappa shape index (κ3) is 2.44. The molecule has 102 valence electrons. The van der Waals surface area contributed by atoms with Gasteiger partial charge in [0.2, 0.25) is 0 Å². The maximum Gasteiger partial charge on any atom is 0.317 e. The maximum absolute atomic E-state index is 11.3. The summed E-state index contributed by atoms with van der Waals surface area (Å²) in [5.41, 5.74) is 0.797. The lowest BCUT2D eigenvalue weighted by molar-refractivity contribution is 0.140. The zero-order valence-corrected chi connectivity index (χ0v) is 10.5. The number of rotatable bonds is 4. The van der Waals surface area contributed by atoms with Crippen LogP contribution < -0.4 is 14.8 Å². The Labute approximate surface area is 110 Å². The van der Waals surface area contributed by atoms with E-state index >= 15 is 0 Å². The first-order valence-electron chi connectivity index (χ1n) is 6.34. The normalized spacial score (nSPS) is 21.0. The maximum atomic E-state index is 11.3. The molecule has 2 amide bonds. The quantitative estimate of drug-likeness (QED) is 0.831. The van der Waals surface area contributed by atoms with Crippen molar-refractivity contribution in [1.82, 2.24) is 10.2 Å². The average molecular weight is 264 g/mol. The number of amides is 2. The van der Waals surface area contributed by atoms with Crippen LogP contribution in [-0.2, 0) is 0 Å². The fraction of sp³-hybridized carbons (Fsp3) is 0.462. The van der Waals surface area contributed by atoms with Gasteiger partial charge in [-0.2, -0.15) is 0 Å². The van der Waals surface area contributed by atoms with Gasteiger partial charge in [-0.1, -0.05) is 0 Å². The van der Waals surface area contributed by atoms with Crippen molar-refractivity contribution in [3.63, 3.8) is 0 Å². The van der Waals surface area contributed by atoms with Crippen LogP contribution in [0.3, 0.4) is 0 Å². The minimum Gasteiger partial charge on any atom is -0.492 e. The number of nitrogens with zero attached hydrogens (tertiary/aromatic N) is 1. The van der Waals surface area contributed by atoms with Gasteiger partial charge in [-0.25, -0.2) is 4.79 Å². The fourth-order valence-corrected chi connectivity index (χ4v) is 2.26. The summed E-state index contributed by atoms with van der Waals surface area (Å²) in [5, 5.41) is 12.3. The van der Waals surface area contributed by atoms with Gasteiger partial charge in [-0.15, -0.1) is 0 Å². The molecule has 1 atom stereocenters. The molecular weight excluding hydrogens is 248 g/mol. The molecule has 3 rings (SSSR count). The van der Waals surface area contributed by atoms with Gasteiger partial charge in [-0.05, 0) is 12.1 Å². The first kappa shape index (κ1) is 12.1. The summed E-state index contributed by atoms with van der Waals surface area (Å²) in [7, 11) is 0. The van der Waals surface area contributed by atoms with Gasteiger partial charge in [0.05, 0.1) is 6.54 Å². The van der Waals surface area contributed by atoms with Gasteiger partial charge in [0, 0.05) is 24.7 Å². The summed E-state index contributed by atoms with van der Waals surface area (Å²) in [6, 6.07) is 5.35. The number of fused-ring (bicyclic) bond motifs is 1. The van der Waals surface area contributed by atoms with Gasteiger partial charge in [0.25, 0.3) is 0 Å². The van der Waals surface area contributed by atoms with Gasteiger partial charge >= 0.3 is 6.03 Å². The van der Waals surface area contributed by atoms with E-state index in [2.05, 4.69) is 5.32 Å². The molecule has 1 saturated heterocycles. The second-order valence-electron chi connectivity index (χ2n) is 4.59. The van der Waals surface area contributed by atoms with E-state index in [1.807, 2.05) is 6.07 Å². The van der Waals surface area contributed by atoms with E-state index in [0.29, 0.717) is 37.8 Å². The molecule has 6 heteroatoms. The lowest BCUT2D eigenvalue weighted by Gasteiger charge is -2.14. The van der Waals surface area contributed by atoms with E-state index in [0.717, 1.165) is 12.1 Å².